The lowest BCUT2D eigenvalue weighted by Crippen LogP contribution is -2.30. The molecule has 1 heterocycles. The minimum absolute atomic E-state index is 0.0319. The lowest BCUT2D eigenvalue weighted by atomic mass is 10.1. The summed E-state index contributed by atoms with van der Waals surface area (Å²) >= 11 is 0. The molecular formula is C22H24N2O. The summed E-state index contributed by atoms with van der Waals surface area (Å²) in [4.78, 5) is 12.6. The van der Waals surface area contributed by atoms with Crippen molar-refractivity contribution in [3.8, 4) is 16.9 Å². The summed E-state index contributed by atoms with van der Waals surface area (Å²) in [7, 11) is 0. The maximum Gasteiger partial charge on any atom is 0.253 e. The molecule has 128 valence electrons. The van der Waals surface area contributed by atoms with Gasteiger partial charge >= 0.3 is 0 Å². The average molecular weight is 332 g/mol. The molecule has 0 saturated carbocycles. The van der Waals surface area contributed by atoms with Gasteiger partial charge in [0.1, 0.15) is 0 Å². The second kappa shape index (κ2) is 6.98. The number of rotatable bonds is 4. The normalized spacial score (nSPS) is 10.9. The fourth-order valence-electron chi connectivity index (χ4n) is 3.02. The molecule has 0 atom stereocenters. The standard InChI is InChI=1S/C22H24N2O/c1-15(2)23-22(25)20-14-21(18-8-6-5-7-9-18)24(17(20)4)19-12-10-16(3)11-13-19/h5-15H,1-4H3,(H,23,25). The molecule has 0 aliphatic rings. The molecule has 0 spiro atoms. The van der Waals surface area contributed by atoms with Gasteiger partial charge in [0.25, 0.3) is 5.91 Å². The highest BCUT2D eigenvalue weighted by atomic mass is 16.1. The number of hydrogen-bond donors (Lipinski definition) is 1. The zero-order valence-corrected chi connectivity index (χ0v) is 15.2. The van der Waals surface area contributed by atoms with Crippen LogP contribution in [0.25, 0.3) is 16.9 Å². The lowest BCUT2D eigenvalue weighted by Gasteiger charge is -2.13. The van der Waals surface area contributed by atoms with E-state index in [4.69, 9.17) is 0 Å². The van der Waals surface area contributed by atoms with E-state index in [9.17, 15) is 4.79 Å². The van der Waals surface area contributed by atoms with Crippen LogP contribution in [0.5, 0.6) is 0 Å². The van der Waals surface area contributed by atoms with E-state index >= 15 is 0 Å². The highest BCUT2D eigenvalue weighted by Gasteiger charge is 2.19. The van der Waals surface area contributed by atoms with Gasteiger partial charge in [0.15, 0.2) is 0 Å². The van der Waals surface area contributed by atoms with Gasteiger partial charge in [-0.2, -0.15) is 0 Å². The van der Waals surface area contributed by atoms with Gasteiger partial charge in [0.2, 0.25) is 0 Å². The van der Waals surface area contributed by atoms with E-state index in [1.54, 1.807) is 0 Å². The number of amides is 1. The molecule has 0 bridgehead atoms. The minimum atomic E-state index is -0.0319. The van der Waals surface area contributed by atoms with Crippen LogP contribution in [0.3, 0.4) is 0 Å². The fourth-order valence-corrected chi connectivity index (χ4v) is 3.02. The van der Waals surface area contributed by atoms with Crippen molar-refractivity contribution in [2.24, 2.45) is 0 Å². The third-order valence-electron chi connectivity index (χ3n) is 4.27. The van der Waals surface area contributed by atoms with E-state index < -0.39 is 0 Å². The van der Waals surface area contributed by atoms with Crippen LogP contribution in [0.15, 0.2) is 60.7 Å². The molecule has 3 heteroatoms. The minimum Gasteiger partial charge on any atom is -0.350 e. The van der Waals surface area contributed by atoms with Crippen molar-refractivity contribution in [3.63, 3.8) is 0 Å². The predicted molar refractivity (Wildman–Crippen MR) is 103 cm³/mol. The highest BCUT2D eigenvalue weighted by molar-refractivity contribution is 5.97. The van der Waals surface area contributed by atoms with Gasteiger partial charge in [-0.3, -0.25) is 4.79 Å². The highest BCUT2D eigenvalue weighted by Crippen LogP contribution is 2.29. The Hall–Kier alpha value is -2.81. The Balaban J connectivity index is 2.19. The Morgan fingerprint density at radius 1 is 0.960 bits per heavy atom. The van der Waals surface area contributed by atoms with Gasteiger partial charge < -0.3 is 9.88 Å². The number of aromatic nitrogens is 1. The van der Waals surface area contributed by atoms with E-state index in [1.807, 2.05) is 45.0 Å². The van der Waals surface area contributed by atoms with Crippen LogP contribution in [0, 0.1) is 13.8 Å². The first-order valence-corrected chi connectivity index (χ1v) is 8.63. The molecule has 2 aromatic carbocycles. The first-order valence-electron chi connectivity index (χ1n) is 8.63. The summed E-state index contributed by atoms with van der Waals surface area (Å²) in [6.07, 6.45) is 0. The Bertz CT molecular complexity index is 874. The monoisotopic (exact) mass is 332 g/mol. The van der Waals surface area contributed by atoms with Crippen LogP contribution in [-0.2, 0) is 0 Å². The van der Waals surface area contributed by atoms with Crippen LogP contribution < -0.4 is 5.32 Å². The molecule has 1 aromatic heterocycles. The number of carbonyl (C=O) groups excluding carboxylic acids is 1. The van der Waals surface area contributed by atoms with E-state index in [-0.39, 0.29) is 11.9 Å². The number of aryl methyl sites for hydroxylation is 1. The number of hydrogen-bond acceptors (Lipinski definition) is 1. The Kier molecular flexibility index (Phi) is 4.75. The second-order valence-electron chi connectivity index (χ2n) is 6.69. The molecule has 1 N–H and O–H groups in total. The number of nitrogens with one attached hydrogen (secondary N) is 1. The van der Waals surface area contributed by atoms with Crippen LogP contribution >= 0.6 is 0 Å². The molecule has 0 aliphatic carbocycles. The van der Waals surface area contributed by atoms with Crippen molar-refractivity contribution in [2.75, 3.05) is 0 Å². The van der Waals surface area contributed by atoms with E-state index in [1.165, 1.54) is 5.56 Å². The van der Waals surface area contributed by atoms with Crippen molar-refractivity contribution in [1.82, 2.24) is 9.88 Å². The van der Waals surface area contributed by atoms with Crippen molar-refractivity contribution in [2.45, 2.75) is 33.7 Å². The van der Waals surface area contributed by atoms with Gasteiger partial charge in [-0.1, -0.05) is 48.0 Å². The Morgan fingerprint density at radius 3 is 2.20 bits per heavy atom. The number of carbonyl (C=O) groups is 1. The lowest BCUT2D eigenvalue weighted by molar-refractivity contribution is 0.0942. The SMILES string of the molecule is Cc1ccc(-n2c(-c3ccccc3)cc(C(=O)NC(C)C)c2C)cc1. The molecule has 3 nitrogen and oxygen atoms in total. The summed E-state index contributed by atoms with van der Waals surface area (Å²) < 4.78 is 2.16. The summed E-state index contributed by atoms with van der Waals surface area (Å²) in [6, 6.07) is 20.7. The molecule has 3 rings (SSSR count). The largest absolute Gasteiger partial charge is 0.350 e. The molecule has 25 heavy (non-hydrogen) atoms. The molecular weight excluding hydrogens is 308 g/mol. The Morgan fingerprint density at radius 2 is 1.60 bits per heavy atom. The zero-order chi connectivity index (χ0) is 18.0. The molecule has 0 radical (unpaired) electrons. The second-order valence-corrected chi connectivity index (χ2v) is 6.69. The summed E-state index contributed by atoms with van der Waals surface area (Å²) in [5.41, 5.74) is 6.05. The predicted octanol–water partition coefficient (Wildman–Crippen LogP) is 4.90. The zero-order valence-electron chi connectivity index (χ0n) is 15.2. The van der Waals surface area contributed by atoms with Crippen LogP contribution in [0.1, 0.15) is 35.5 Å². The molecule has 3 aromatic rings. The van der Waals surface area contributed by atoms with E-state index in [0.717, 1.165) is 22.6 Å². The fraction of sp³-hybridized carbons (Fsp3) is 0.227. The molecule has 0 saturated heterocycles. The summed E-state index contributed by atoms with van der Waals surface area (Å²) in [5.74, 6) is -0.0319. The molecule has 0 fully saturated rings. The Labute approximate surface area is 149 Å². The smallest absolute Gasteiger partial charge is 0.253 e. The first-order chi connectivity index (χ1) is 12.0. The van der Waals surface area contributed by atoms with Crippen molar-refractivity contribution >= 4 is 5.91 Å². The third kappa shape index (κ3) is 3.50. The number of benzene rings is 2. The van der Waals surface area contributed by atoms with Gasteiger partial charge in [-0.05, 0) is 51.5 Å². The van der Waals surface area contributed by atoms with Gasteiger partial charge in [-0.15, -0.1) is 0 Å². The first kappa shape index (κ1) is 17.0. The van der Waals surface area contributed by atoms with Crippen molar-refractivity contribution in [1.29, 1.82) is 0 Å². The molecule has 0 aliphatic heterocycles. The quantitative estimate of drug-likeness (QED) is 0.724. The maximum absolute atomic E-state index is 12.6. The maximum atomic E-state index is 12.6. The van der Waals surface area contributed by atoms with Gasteiger partial charge in [0, 0.05) is 17.4 Å². The number of nitrogens with zero attached hydrogens (tertiary/aromatic N) is 1. The van der Waals surface area contributed by atoms with Crippen molar-refractivity contribution < 1.29 is 4.79 Å². The average Bonchev–Trinajstić information content (AvgIpc) is 2.93. The van der Waals surface area contributed by atoms with E-state index in [0.29, 0.717) is 5.56 Å². The van der Waals surface area contributed by atoms with Crippen LogP contribution in [0.4, 0.5) is 0 Å². The molecule has 0 unspecified atom stereocenters. The van der Waals surface area contributed by atoms with Gasteiger partial charge in [0.05, 0.1) is 11.3 Å². The summed E-state index contributed by atoms with van der Waals surface area (Å²) in [5, 5.41) is 3.00. The topological polar surface area (TPSA) is 34.0 Å². The third-order valence-corrected chi connectivity index (χ3v) is 4.27. The van der Waals surface area contributed by atoms with Crippen LogP contribution in [-0.4, -0.2) is 16.5 Å². The summed E-state index contributed by atoms with van der Waals surface area (Å²) in [6.45, 7) is 8.03. The van der Waals surface area contributed by atoms with Gasteiger partial charge in [-0.25, -0.2) is 0 Å². The van der Waals surface area contributed by atoms with Crippen LogP contribution in [0.2, 0.25) is 0 Å². The van der Waals surface area contributed by atoms with Crippen molar-refractivity contribution in [3.05, 3.63) is 77.5 Å². The molecule has 1 amide bonds. The van der Waals surface area contributed by atoms with E-state index in [2.05, 4.69) is 53.2 Å².